The molecule has 0 N–H and O–H groups in total. The number of rotatable bonds is 4. The van der Waals surface area contributed by atoms with Crippen molar-refractivity contribution in [2.24, 2.45) is 5.92 Å². The second kappa shape index (κ2) is 5.23. The van der Waals surface area contributed by atoms with Crippen molar-refractivity contribution in [3.8, 4) is 0 Å². The molecule has 10 heavy (non-hydrogen) atoms. The molecule has 0 aliphatic rings. The number of hydroxylamine groups is 1. The molecule has 0 rings (SSSR count). The van der Waals surface area contributed by atoms with E-state index in [0.717, 1.165) is 0 Å². The molecule has 0 unspecified atom stereocenters. The number of hydrogen-bond acceptors (Lipinski definition) is 2. The van der Waals surface area contributed by atoms with Crippen LogP contribution in [0, 0.1) is 5.92 Å². The summed E-state index contributed by atoms with van der Waals surface area (Å²) < 4.78 is 0. The summed E-state index contributed by atoms with van der Waals surface area (Å²) in [5.74, 6) is 0.231. The van der Waals surface area contributed by atoms with Crippen LogP contribution in [0.2, 0.25) is 0 Å². The number of carbonyl (C=O) groups is 1. The molecule has 0 spiro atoms. The minimum atomic E-state index is -0.194. The lowest BCUT2D eigenvalue weighted by molar-refractivity contribution is -0.135. The Labute approximate surface area is 61.7 Å². The van der Waals surface area contributed by atoms with Gasteiger partial charge in [-0.1, -0.05) is 26.3 Å². The van der Waals surface area contributed by atoms with Crippen LogP contribution in [-0.2, 0) is 9.63 Å². The predicted molar refractivity (Wildman–Crippen MR) is 38.2 cm³/mol. The van der Waals surface area contributed by atoms with E-state index in [9.17, 15) is 4.79 Å². The summed E-state index contributed by atoms with van der Waals surface area (Å²) in [7, 11) is 0. The monoisotopic (exact) mass is 144 g/mol. The lowest BCUT2D eigenvalue weighted by Crippen LogP contribution is -2.17. The third-order valence-electron chi connectivity index (χ3n) is 0.877. The van der Waals surface area contributed by atoms with Crippen LogP contribution in [0.5, 0.6) is 0 Å². The zero-order chi connectivity index (χ0) is 7.98. The fourth-order valence-corrected chi connectivity index (χ4v) is 0.323. The maximum absolute atomic E-state index is 10.5. The van der Waals surface area contributed by atoms with Gasteiger partial charge in [-0.25, -0.2) is 4.84 Å². The lowest BCUT2D eigenvalue weighted by atomic mass is 10.2. The summed E-state index contributed by atoms with van der Waals surface area (Å²) in [4.78, 5) is 15.2. The first-order valence-electron chi connectivity index (χ1n) is 3.52. The summed E-state index contributed by atoms with van der Waals surface area (Å²) in [5, 5.41) is 0. The Morgan fingerprint density at radius 2 is 2.20 bits per heavy atom. The second-order valence-corrected chi connectivity index (χ2v) is 2.53. The van der Waals surface area contributed by atoms with Crippen LogP contribution in [-0.4, -0.2) is 12.5 Å². The normalized spacial score (nSPS) is 10.0. The van der Waals surface area contributed by atoms with Gasteiger partial charge in [-0.05, 0) is 5.92 Å². The first kappa shape index (κ1) is 9.43. The molecule has 0 aliphatic carbocycles. The van der Waals surface area contributed by atoms with Crippen LogP contribution >= 0.6 is 0 Å². The van der Waals surface area contributed by atoms with Gasteiger partial charge >= 0.3 is 0 Å². The summed E-state index contributed by atoms with van der Waals surface area (Å²) in [6.45, 7) is 6.29. The highest BCUT2D eigenvalue weighted by Gasteiger charge is 1.99. The quantitative estimate of drug-likeness (QED) is 0.554. The molecule has 0 saturated carbocycles. The average Bonchev–Trinajstić information content (AvgIpc) is 1.87. The van der Waals surface area contributed by atoms with Gasteiger partial charge in [0.2, 0.25) is 0 Å². The molecule has 0 saturated heterocycles. The molecule has 1 radical (unpaired) electrons. The van der Waals surface area contributed by atoms with E-state index in [1.807, 2.05) is 13.8 Å². The summed E-state index contributed by atoms with van der Waals surface area (Å²) in [5.41, 5.74) is 3.34. The highest BCUT2D eigenvalue weighted by molar-refractivity contribution is 5.73. The van der Waals surface area contributed by atoms with Crippen LogP contribution in [0.3, 0.4) is 0 Å². The van der Waals surface area contributed by atoms with E-state index < -0.39 is 0 Å². The Kier molecular flexibility index (Phi) is 4.94. The second-order valence-electron chi connectivity index (χ2n) is 2.53. The van der Waals surface area contributed by atoms with Gasteiger partial charge in [0, 0.05) is 6.42 Å². The predicted octanol–water partition coefficient (Wildman–Crippen LogP) is 1.11. The summed E-state index contributed by atoms with van der Waals surface area (Å²) in [6.07, 6.45) is 0.415. The lowest BCUT2D eigenvalue weighted by Gasteiger charge is -2.02. The molecule has 1 amide bonds. The van der Waals surface area contributed by atoms with Crippen molar-refractivity contribution in [1.29, 1.82) is 0 Å². The number of hydrogen-bond donors (Lipinski definition) is 0. The van der Waals surface area contributed by atoms with Crippen molar-refractivity contribution < 1.29 is 9.63 Å². The van der Waals surface area contributed by atoms with Crippen molar-refractivity contribution in [3.63, 3.8) is 0 Å². The van der Waals surface area contributed by atoms with Gasteiger partial charge in [-0.3, -0.25) is 4.79 Å². The fraction of sp³-hybridized carbons (Fsp3) is 0.857. The van der Waals surface area contributed by atoms with E-state index in [1.54, 1.807) is 6.92 Å². The molecule has 0 fully saturated rings. The van der Waals surface area contributed by atoms with Gasteiger partial charge in [0.05, 0.1) is 6.61 Å². The van der Waals surface area contributed by atoms with Crippen LogP contribution in [0.15, 0.2) is 0 Å². The molecule has 0 aromatic rings. The average molecular weight is 144 g/mol. The van der Waals surface area contributed by atoms with Crippen LogP contribution in [0.4, 0.5) is 0 Å². The summed E-state index contributed by atoms with van der Waals surface area (Å²) in [6, 6.07) is 0. The first-order valence-corrected chi connectivity index (χ1v) is 3.52. The molecule has 0 aromatic carbocycles. The highest BCUT2D eigenvalue weighted by Crippen LogP contribution is 1.90. The zero-order valence-electron chi connectivity index (χ0n) is 6.76. The number of nitrogens with zero attached hydrogens (tertiary/aromatic N) is 1. The van der Waals surface area contributed by atoms with E-state index in [-0.39, 0.29) is 5.91 Å². The Balaban J connectivity index is 3.12. The molecule has 3 heteroatoms. The van der Waals surface area contributed by atoms with E-state index in [4.69, 9.17) is 4.84 Å². The van der Waals surface area contributed by atoms with Crippen molar-refractivity contribution in [1.82, 2.24) is 5.48 Å². The fourth-order valence-electron chi connectivity index (χ4n) is 0.323. The van der Waals surface area contributed by atoms with Gasteiger partial charge in [-0.2, -0.15) is 0 Å². The molecule has 0 atom stereocenters. The molecule has 0 bridgehead atoms. The maximum Gasteiger partial charge on any atom is 0.269 e. The Hall–Kier alpha value is -0.570. The minimum absolute atomic E-state index is 0.194. The minimum Gasteiger partial charge on any atom is -0.270 e. The van der Waals surface area contributed by atoms with E-state index in [1.165, 1.54) is 0 Å². The van der Waals surface area contributed by atoms with Crippen LogP contribution in [0.25, 0.3) is 0 Å². The van der Waals surface area contributed by atoms with Gasteiger partial charge < -0.3 is 0 Å². The molecular weight excluding hydrogens is 130 g/mol. The van der Waals surface area contributed by atoms with E-state index >= 15 is 0 Å². The number of carbonyl (C=O) groups excluding carboxylic acids is 1. The van der Waals surface area contributed by atoms with Crippen LogP contribution < -0.4 is 5.48 Å². The van der Waals surface area contributed by atoms with Crippen LogP contribution in [0.1, 0.15) is 27.2 Å². The molecule has 0 aliphatic heterocycles. The van der Waals surface area contributed by atoms with Crippen molar-refractivity contribution in [2.45, 2.75) is 27.2 Å². The van der Waals surface area contributed by atoms with E-state index in [0.29, 0.717) is 18.9 Å². The van der Waals surface area contributed by atoms with Crippen molar-refractivity contribution >= 4 is 5.91 Å². The largest absolute Gasteiger partial charge is 0.270 e. The smallest absolute Gasteiger partial charge is 0.269 e. The van der Waals surface area contributed by atoms with Gasteiger partial charge in [-0.15, -0.1) is 0 Å². The molecule has 0 heterocycles. The van der Waals surface area contributed by atoms with Crippen molar-refractivity contribution in [3.05, 3.63) is 0 Å². The molecule has 59 valence electrons. The third-order valence-corrected chi connectivity index (χ3v) is 0.877. The standard InChI is InChI=1S/C7H14NO2/c1-4-7(9)8-10-5-6(2)3/h6H,4-5H2,1-3H3. The zero-order valence-corrected chi connectivity index (χ0v) is 6.76. The molecule has 0 aromatic heterocycles. The molecular formula is C7H14NO2. The third kappa shape index (κ3) is 5.56. The topological polar surface area (TPSA) is 40.4 Å². The van der Waals surface area contributed by atoms with Gasteiger partial charge in [0.15, 0.2) is 0 Å². The van der Waals surface area contributed by atoms with Gasteiger partial charge in [0.1, 0.15) is 0 Å². The molecule has 3 nitrogen and oxygen atoms in total. The maximum atomic E-state index is 10.5. The SMILES string of the molecule is CCC(=O)[N]OCC(C)C. The summed E-state index contributed by atoms with van der Waals surface area (Å²) >= 11 is 0. The Morgan fingerprint density at radius 1 is 1.60 bits per heavy atom. The Bertz CT molecular complexity index is 102. The Morgan fingerprint density at radius 3 is 2.60 bits per heavy atom. The first-order chi connectivity index (χ1) is 4.66. The highest BCUT2D eigenvalue weighted by atomic mass is 16.6. The van der Waals surface area contributed by atoms with E-state index in [2.05, 4.69) is 5.48 Å². The van der Waals surface area contributed by atoms with Crippen molar-refractivity contribution in [2.75, 3.05) is 6.61 Å². The van der Waals surface area contributed by atoms with Gasteiger partial charge in [0.25, 0.3) is 5.91 Å². The number of amides is 1.